The molecule has 1 amide bonds. The molecule has 1 heterocycles. The van der Waals surface area contributed by atoms with E-state index in [1.165, 1.54) is 5.56 Å². The largest absolute Gasteiger partial charge is 0.473 e. The van der Waals surface area contributed by atoms with Gasteiger partial charge in [-0.15, -0.1) is 0 Å². The van der Waals surface area contributed by atoms with Crippen molar-refractivity contribution in [3.8, 4) is 5.75 Å². The molecule has 33 heavy (non-hydrogen) atoms. The summed E-state index contributed by atoms with van der Waals surface area (Å²) in [5.74, 6) is 0.179. The van der Waals surface area contributed by atoms with Crippen molar-refractivity contribution < 1.29 is 18.7 Å². The Hall–Kier alpha value is -3.08. The standard InChI is InChI=1S/C28H35NO4/c1-7-27(3,4)20-13-14-24(21(16-20)28(5,6)8-2)32-18-29-26(31)17-22(30)25-15-19-11-9-10-12-23(19)33-25/h9-16H,7-8,17-18H2,1-6H3,(H,29,31). The quantitative estimate of drug-likeness (QED) is 0.217. The molecule has 3 rings (SSSR count). The van der Waals surface area contributed by atoms with Crippen LogP contribution in [0.3, 0.4) is 0 Å². The molecule has 0 aliphatic carbocycles. The summed E-state index contributed by atoms with van der Waals surface area (Å²) in [4.78, 5) is 24.8. The van der Waals surface area contributed by atoms with Crippen molar-refractivity contribution in [3.63, 3.8) is 0 Å². The van der Waals surface area contributed by atoms with E-state index in [0.717, 1.165) is 29.5 Å². The van der Waals surface area contributed by atoms with Crippen LogP contribution in [0.2, 0.25) is 0 Å². The Morgan fingerprint density at radius 1 is 0.939 bits per heavy atom. The number of benzene rings is 2. The average molecular weight is 450 g/mol. The first-order valence-corrected chi connectivity index (χ1v) is 11.6. The van der Waals surface area contributed by atoms with E-state index in [2.05, 4.69) is 59.0 Å². The van der Waals surface area contributed by atoms with Crippen LogP contribution in [0.1, 0.15) is 82.5 Å². The summed E-state index contributed by atoms with van der Waals surface area (Å²) in [7, 11) is 0. The van der Waals surface area contributed by atoms with Gasteiger partial charge in [0.1, 0.15) is 11.3 Å². The summed E-state index contributed by atoms with van der Waals surface area (Å²) in [5, 5.41) is 3.53. The Kier molecular flexibility index (Phi) is 7.31. The summed E-state index contributed by atoms with van der Waals surface area (Å²) in [6, 6.07) is 15.4. The second kappa shape index (κ2) is 9.82. The van der Waals surface area contributed by atoms with Crippen molar-refractivity contribution in [1.29, 1.82) is 0 Å². The molecule has 0 bridgehead atoms. The van der Waals surface area contributed by atoms with Crippen LogP contribution in [0.5, 0.6) is 5.75 Å². The van der Waals surface area contributed by atoms with Crippen LogP contribution in [-0.2, 0) is 15.6 Å². The number of para-hydroxylation sites is 1. The lowest BCUT2D eigenvalue weighted by Gasteiger charge is -2.30. The minimum Gasteiger partial charge on any atom is -0.473 e. The number of furan rings is 1. The molecule has 0 radical (unpaired) electrons. The van der Waals surface area contributed by atoms with Crippen molar-refractivity contribution in [3.05, 3.63) is 65.4 Å². The van der Waals surface area contributed by atoms with E-state index in [4.69, 9.17) is 9.15 Å². The van der Waals surface area contributed by atoms with Crippen LogP contribution in [0.25, 0.3) is 11.0 Å². The van der Waals surface area contributed by atoms with Crippen molar-refractivity contribution >= 4 is 22.7 Å². The number of carbonyl (C=O) groups is 2. The second-order valence-corrected chi connectivity index (χ2v) is 9.82. The number of fused-ring (bicyclic) bond motifs is 1. The molecule has 0 fully saturated rings. The van der Waals surface area contributed by atoms with Crippen LogP contribution in [-0.4, -0.2) is 18.4 Å². The molecule has 1 aromatic heterocycles. The Labute approximate surface area is 196 Å². The SMILES string of the molecule is CCC(C)(C)c1ccc(OCNC(=O)CC(=O)c2cc3ccccc3o2)c(C(C)(C)CC)c1. The maximum atomic E-state index is 12.4. The lowest BCUT2D eigenvalue weighted by atomic mass is 9.76. The van der Waals surface area contributed by atoms with Crippen LogP contribution < -0.4 is 10.1 Å². The Balaban J connectivity index is 1.65. The third kappa shape index (κ3) is 5.65. The van der Waals surface area contributed by atoms with Gasteiger partial charge < -0.3 is 14.5 Å². The number of nitrogens with one attached hydrogen (secondary N) is 1. The Morgan fingerprint density at radius 2 is 1.64 bits per heavy atom. The van der Waals surface area contributed by atoms with Gasteiger partial charge in [0.15, 0.2) is 12.5 Å². The molecule has 1 N–H and O–H groups in total. The van der Waals surface area contributed by atoms with Gasteiger partial charge in [-0.05, 0) is 47.4 Å². The maximum Gasteiger partial charge on any atom is 0.230 e. The average Bonchev–Trinajstić information content (AvgIpc) is 3.23. The second-order valence-electron chi connectivity index (χ2n) is 9.82. The zero-order valence-corrected chi connectivity index (χ0v) is 20.6. The van der Waals surface area contributed by atoms with Gasteiger partial charge in [0.05, 0.1) is 6.42 Å². The minimum absolute atomic E-state index is 0.00441. The van der Waals surface area contributed by atoms with Crippen molar-refractivity contribution in [2.75, 3.05) is 6.73 Å². The van der Waals surface area contributed by atoms with Gasteiger partial charge in [-0.3, -0.25) is 9.59 Å². The number of carbonyl (C=O) groups excluding carboxylic acids is 2. The highest BCUT2D eigenvalue weighted by Crippen LogP contribution is 2.38. The molecule has 0 spiro atoms. The normalized spacial score (nSPS) is 12.1. The molecular weight excluding hydrogens is 414 g/mol. The molecule has 2 aromatic carbocycles. The maximum absolute atomic E-state index is 12.4. The zero-order valence-electron chi connectivity index (χ0n) is 20.6. The van der Waals surface area contributed by atoms with Crippen LogP contribution >= 0.6 is 0 Å². The van der Waals surface area contributed by atoms with Gasteiger partial charge >= 0.3 is 0 Å². The van der Waals surface area contributed by atoms with Gasteiger partial charge in [-0.25, -0.2) is 0 Å². The van der Waals surface area contributed by atoms with Gasteiger partial charge in [-0.1, -0.05) is 71.9 Å². The van der Waals surface area contributed by atoms with Gasteiger partial charge in [0.25, 0.3) is 0 Å². The summed E-state index contributed by atoms with van der Waals surface area (Å²) in [6.45, 7) is 13.2. The summed E-state index contributed by atoms with van der Waals surface area (Å²) >= 11 is 0. The number of hydrogen-bond acceptors (Lipinski definition) is 4. The number of amides is 1. The third-order valence-electron chi connectivity index (χ3n) is 6.78. The van der Waals surface area contributed by atoms with Crippen molar-refractivity contribution in [2.24, 2.45) is 0 Å². The van der Waals surface area contributed by atoms with E-state index in [1.54, 1.807) is 12.1 Å². The molecule has 5 heteroatoms. The topological polar surface area (TPSA) is 68.5 Å². The zero-order chi connectivity index (χ0) is 24.2. The highest BCUT2D eigenvalue weighted by molar-refractivity contribution is 6.07. The molecule has 0 aliphatic rings. The number of Topliss-reactive ketones (excluding diaryl/α,β-unsaturated/α-hetero) is 1. The highest BCUT2D eigenvalue weighted by Gasteiger charge is 2.26. The van der Waals surface area contributed by atoms with E-state index in [9.17, 15) is 9.59 Å². The fraction of sp³-hybridized carbons (Fsp3) is 0.429. The summed E-state index contributed by atoms with van der Waals surface area (Å²) < 4.78 is 11.5. The molecule has 3 aromatic rings. The van der Waals surface area contributed by atoms with Gasteiger partial charge in [0, 0.05) is 10.9 Å². The van der Waals surface area contributed by atoms with Crippen LogP contribution in [0.15, 0.2) is 52.9 Å². The molecule has 5 nitrogen and oxygen atoms in total. The number of rotatable bonds is 10. The molecule has 0 unspecified atom stereocenters. The van der Waals surface area contributed by atoms with E-state index in [0.29, 0.717) is 5.58 Å². The third-order valence-corrected chi connectivity index (χ3v) is 6.78. The number of ether oxygens (including phenoxy) is 1. The van der Waals surface area contributed by atoms with Gasteiger partial charge in [-0.2, -0.15) is 0 Å². The predicted octanol–water partition coefficient (Wildman–Crippen LogP) is 6.53. The Morgan fingerprint density at radius 3 is 2.30 bits per heavy atom. The molecule has 0 aliphatic heterocycles. The van der Waals surface area contributed by atoms with E-state index in [-0.39, 0.29) is 35.5 Å². The fourth-order valence-corrected chi connectivity index (χ4v) is 3.61. The first-order valence-electron chi connectivity index (χ1n) is 11.6. The van der Waals surface area contributed by atoms with Gasteiger partial charge in [0.2, 0.25) is 11.7 Å². The van der Waals surface area contributed by atoms with Crippen LogP contribution in [0.4, 0.5) is 0 Å². The summed E-state index contributed by atoms with van der Waals surface area (Å²) in [6.07, 6.45) is 1.70. The monoisotopic (exact) mass is 449 g/mol. The first kappa shape index (κ1) is 24.6. The number of ketones is 1. The Bertz CT molecular complexity index is 1110. The fourth-order valence-electron chi connectivity index (χ4n) is 3.61. The molecule has 0 saturated carbocycles. The number of hydrogen-bond donors (Lipinski definition) is 1. The minimum atomic E-state index is -0.402. The molecule has 0 saturated heterocycles. The predicted molar refractivity (Wildman–Crippen MR) is 132 cm³/mol. The lowest BCUT2D eigenvalue weighted by Crippen LogP contribution is -2.30. The highest BCUT2D eigenvalue weighted by atomic mass is 16.5. The molecule has 0 atom stereocenters. The molecular formula is C28H35NO4. The first-order chi connectivity index (χ1) is 15.6. The molecule has 176 valence electrons. The lowest BCUT2D eigenvalue weighted by molar-refractivity contribution is -0.121. The van der Waals surface area contributed by atoms with E-state index >= 15 is 0 Å². The smallest absolute Gasteiger partial charge is 0.230 e. The van der Waals surface area contributed by atoms with E-state index in [1.807, 2.05) is 24.3 Å². The van der Waals surface area contributed by atoms with Crippen molar-refractivity contribution in [2.45, 2.75) is 71.6 Å². The van der Waals surface area contributed by atoms with Crippen LogP contribution in [0, 0.1) is 0 Å². The van der Waals surface area contributed by atoms with Crippen molar-refractivity contribution in [1.82, 2.24) is 5.32 Å². The van der Waals surface area contributed by atoms with E-state index < -0.39 is 5.91 Å². The summed E-state index contributed by atoms with van der Waals surface area (Å²) in [5.41, 5.74) is 3.02.